The van der Waals surface area contributed by atoms with E-state index in [2.05, 4.69) is 48.6 Å². The SMILES string of the molecule is C[C@@H](NCCCCc1ccccc1)c1cccc(Cl)c1. The van der Waals surface area contributed by atoms with Gasteiger partial charge in [-0.3, -0.25) is 0 Å². The van der Waals surface area contributed by atoms with Gasteiger partial charge in [0.05, 0.1) is 0 Å². The minimum absolute atomic E-state index is 0.352. The minimum Gasteiger partial charge on any atom is -0.310 e. The van der Waals surface area contributed by atoms with Gasteiger partial charge in [-0.2, -0.15) is 0 Å². The van der Waals surface area contributed by atoms with Crippen molar-refractivity contribution in [2.75, 3.05) is 6.54 Å². The van der Waals surface area contributed by atoms with Crippen LogP contribution >= 0.6 is 11.6 Å². The van der Waals surface area contributed by atoms with Crippen LogP contribution in [0.25, 0.3) is 0 Å². The van der Waals surface area contributed by atoms with Gasteiger partial charge in [0.25, 0.3) is 0 Å². The highest BCUT2D eigenvalue weighted by Gasteiger charge is 2.04. The molecule has 106 valence electrons. The van der Waals surface area contributed by atoms with Crippen molar-refractivity contribution >= 4 is 11.6 Å². The Balaban J connectivity index is 1.66. The molecule has 0 aliphatic heterocycles. The second-order valence-corrected chi connectivity index (χ2v) is 5.61. The van der Waals surface area contributed by atoms with E-state index < -0.39 is 0 Å². The van der Waals surface area contributed by atoms with E-state index in [9.17, 15) is 0 Å². The summed E-state index contributed by atoms with van der Waals surface area (Å²) in [5, 5.41) is 4.36. The third kappa shape index (κ3) is 4.99. The quantitative estimate of drug-likeness (QED) is 0.706. The number of halogens is 1. The monoisotopic (exact) mass is 287 g/mol. The van der Waals surface area contributed by atoms with Crippen molar-refractivity contribution in [3.05, 3.63) is 70.7 Å². The average Bonchev–Trinajstić information content (AvgIpc) is 2.48. The van der Waals surface area contributed by atoms with E-state index in [0.29, 0.717) is 6.04 Å². The Bertz CT molecular complexity index is 510. The molecule has 0 aliphatic carbocycles. The van der Waals surface area contributed by atoms with E-state index in [1.165, 1.54) is 24.0 Å². The molecule has 0 saturated carbocycles. The molecule has 0 radical (unpaired) electrons. The first-order valence-corrected chi connectivity index (χ1v) is 7.66. The molecular weight excluding hydrogens is 266 g/mol. The molecule has 2 rings (SSSR count). The Morgan fingerprint density at radius 3 is 2.55 bits per heavy atom. The predicted octanol–water partition coefficient (Wildman–Crippen LogP) is 5.01. The highest BCUT2D eigenvalue weighted by molar-refractivity contribution is 6.30. The van der Waals surface area contributed by atoms with Crippen molar-refractivity contribution in [2.45, 2.75) is 32.2 Å². The fourth-order valence-corrected chi connectivity index (χ4v) is 2.51. The summed E-state index contributed by atoms with van der Waals surface area (Å²) in [5.74, 6) is 0. The maximum atomic E-state index is 6.01. The van der Waals surface area contributed by atoms with Crippen molar-refractivity contribution < 1.29 is 0 Å². The van der Waals surface area contributed by atoms with Crippen LogP contribution in [0.3, 0.4) is 0 Å². The van der Waals surface area contributed by atoms with Gasteiger partial charge in [0.2, 0.25) is 0 Å². The maximum Gasteiger partial charge on any atom is 0.0409 e. The molecule has 0 fully saturated rings. The highest BCUT2D eigenvalue weighted by atomic mass is 35.5. The Morgan fingerprint density at radius 2 is 1.80 bits per heavy atom. The summed E-state index contributed by atoms with van der Waals surface area (Å²) >= 11 is 6.01. The summed E-state index contributed by atoms with van der Waals surface area (Å²) in [7, 11) is 0. The number of aryl methyl sites for hydroxylation is 1. The molecule has 0 aromatic heterocycles. The molecule has 1 nitrogen and oxygen atoms in total. The van der Waals surface area contributed by atoms with Crippen LogP contribution in [0.5, 0.6) is 0 Å². The van der Waals surface area contributed by atoms with Crippen LogP contribution in [0, 0.1) is 0 Å². The van der Waals surface area contributed by atoms with E-state index in [4.69, 9.17) is 11.6 Å². The van der Waals surface area contributed by atoms with Gasteiger partial charge in [0.15, 0.2) is 0 Å². The largest absolute Gasteiger partial charge is 0.310 e. The summed E-state index contributed by atoms with van der Waals surface area (Å²) in [6, 6.07) is 19.1. The van der Waals surface area contributed by atoms with Crippen LogP contribution in [-0.2, 0) is 6.42 Å². The van der Waals surface area contributed by atoms with Crippen molar-refractivity contribution in [3.63, 3.8) is 0 Å². The normalized spacial score (nSPS) is 12.3. The van der Waals surface area contributed by atoms with Gasteiger partial charge < -0.3 is 5.32 Å². The zero-order chi connectivity index (χ0) is 14.2. The van der Waals surface area contributed by atoms with Gasteiger partial charge in [0, 0.05) is 11.1 Å². The Morgan fingerprint density at radius 1 is 1.00 bits per heavy atom. The van der Waals surface area contributed by atoms with E-state index in [0.717, 1.165) is 18.0 Å². The molecular formula is C18H22ClN. The lowest BCUT2D eigenvalue weighted by molar-refractivity contribution is 0.546. The van der Waals surface area contributed by atoms with E-state index in [-0.39, 0.29) is 0 Å². The van der Waals surface area contributed by atoms with Crippen molar-refractivity contribution in [1.29, 1.82) is 0 Å². The third-order valence-electron chi connectivity index (χ3n) is 3.53. The average molecular weight is 288 g/mol. The van der Waals surface area contributed by atoms with Crippen LogP contribution in [0.15, 0.2) is 54.6 Å². The zero-order valence-electron chi connectivity index (χ0n) is 12.0. The summed E-state index contributed by atoms with van der Waals surface area (Å²) in [6.45, 7) is 3.23. The molecule has 0 spiro atoms. The molecule has 0 bridgehead atoms. The van der Waals surface area contributed by atoms with Crippen LogP contribution in [0.2, 0.25) is 5.02 Å². The Hall–Kier alpha value is -1.31. The van der Waals surface area contributed by atoms with E-state index >= 15 is 0 Å². The summed E-state index contributed by atoms with van der Waals surface area (Å²) < 4.78 is 0. The van der Waals surface area contributed by atoms with Crippen LogP contribution in [-0.4, -0.2) is 6.54 Å². The number of nitrogens with one attached hydrogen (secondary N) is 1. The number of hydrogen-bond acceptors (Lipinski definition) is 1. The van der Waals surface area contributed by atoms with E-state index in [1.807, 2.05) is 18.2 Å². The van der Waals surface area contributed by atoms with Crippen molar-refractivity contribution in [3.8, 4) is 0 Å². The molecule has 0 unspecified atom stereocenters. The fraction of sp³-hybridized carbons (Fsp3) is 0.333. The van der Waals surface area contributed by atoms with Crippen LogP contribution in [0.4, 0.5) is 0 Å². The molecule has 1 atom stereocenters. The smallest absolute Gasteiger partial charge is 0.0409 e. The van der Waals surface area contributed by atoms with Gasteiger partial charge in [0.1, 0.15) is 0 Å². The first kappa shape index (κ1) is 15.1. The molecule has 0 saturated heterocycles. The first-order chi connectivity index (χ1) is 9.75. The van der Waals surface area contributed by atoms with Gasteiger partial charge in [-0.25, -0.2) is 0 Å². The maximum absolute atomic E-state index is 6.01. The minimum atomic E-state index is 0.352. The Kier molecular flexibility index (Phi) is 6.10. The van der Waals surface area contributed by atoms with Gasteiger partial charge in [-0.05, 0) is 56.0 Å². The highest BCUT2D eigenvalue weighted by Crippen LogP contribution is 2.17. The molecule has 20 heavy (non-hydrogen) atoms. The van der Waals surface area contributed by atoms with Crippen LogP contribution in [0.1, 0.15) is 36.9 Å². The lowest BCUT2D eigenvalue weighted by atomic mass is 10.1. The van der Waals surface area contributed by atoms with Gasteiger partial charge in [-0.1, -0.05) is 54.1 Å². The third-order valence-corrected chi connectivity index (χ3v) is 3.77. The summed E-state index contributed by atoms with van der Waals surface area (Å²) in [4.78, 5) is 0. The zero-order valence-corrected chi connectivity index (χ0v) is 12.7. The molecule has 0 amide bonds. The first-order valence-electron chi connectivity index (χ1n) is 7.28. The van der Waals surface area contributed by atoms with Gasteiger partial charge in [-0.15, -0.1) is 0 Å². The molecule has 2 aromatic carbocycles. The predicted molar refractivity (Wildman–Crippen MR) is 87.2 cm³/mol. The molecule has 0 aliphatic rings. The second-order valence-electron chi connectivity index (χ2n) is 5.17. The molecule has 1 N–H and O–H groups in total. The van der Waals surface area contributed by atoms with Gasteiger partial charge >= 0.3 is 0 Å². The van der Waals surface area contributed by atoms with E-state index in [1.54, 1.807) is 0 Å². The van der Waals surface area contributed by atoms with Crippen molar-refractivity contribution in [1.82, 2.24) is 5.32 Å². The lowest BCUT2D eigenvalue weighted by Crippen LogP contribution is -2.19. The number of benzene rings is 2. The number of rotatable bonds is 7. The Labute approximate surface area is 127 Å². The summed E-state index contributed by atoms with van der Waals surface area (Å²) in [6.07, 6.45) is 3.58. The standard InChI is InChI=1S/C18H22ClN/c1-15(17-11-7-12-18(19)14-17)20-13-6-5-10-16-8-3-2-4-9-16/h2-4,7-9,11-12,14-15,20H,5-6,10,13H2,1H3/t15-/m1/s1. The van der Waals surface area contributed by atoms with Crippen LogP contribution < -0.4 is 5.32 Å². The number of unbranched alkanes of at least 4 members (excludes halogenated alkanes) is 1. The number of hydrogen-bond donors (Lipinski definition) is 1. The topological polar surface area (TPSA) is 12.0 Å². The molecule has 2 aromatic rings. The lowest BCUT2D eigenvalue weighted by Gasteiger charge is -2.14. The fourth-order valence-electron chi connectivity index (χ4n) is 2.31. The van der Waals surface area contributed by atoms with Crippen molar-refractivity contribution in [2.24, 2.45) is 0 Å². The second kappa shape index (κ2) is 8.08. The molecule has 2 heteroatoms. The summed E-state index contributed by atoms with van der Waals surface area (Å²) in [5.41, 5.74) is 2.68. The molecule has 0 heterocycles.